The molecule has 0 bridgehead atoms. The maximum Gasteiger partial charge on any atom is 0.310 e. The Balaban J connectivity index is 2.14. The largest absolute Gasteiger partial charge is 0.354 e. The fraction of sp³-hybridized carbons (Fsp3) is 0. The third-order valence-electron chi connectivity index (χ3n) is 3.19. The van der Waals surface area contributed by atoms with Crippen molar-refractivity contribution in [1.82, 2.24) is 4.98 Å². The first-order chi connectivity index (χ1) is 9.92. The molecule has 2 aromatic carbocycles. The van der Waals surface area contributed by atoms with Crippen molar-refractivity contribution < 1.29 is 19.4 Å². The molecule has 8 heteroatoms. The molecule has 0 amide bonds. The number of H-pyrrole nitrogens is 1. The van der Waals surface area contributed by atoms with Crippen LogP contribution in [0.2, 0.25) is 0 Å². The first kappa shape index (κ1) is 15.4. The van der Waals surface area contributed by atoms with Gasteiger partial charge in [0.25, 0.3) is 0 Å². The summed E-state index contributed by atoms with van der Waals surface area (Å²) in [5, 5.41) is 0.434. The summed E-state index contributed by atoms with van der Waals surface area (Å²) < 4.78 is 65.0. The molecule has 0 aliphatic heterocycles. The van der Waals surface area contributed by atoms with Crippen molar-refractivity contribution in [3.8, 4) is 11.3 Å². The maximum atomic E-state index is 12.8. The van der Waals surface area contributed by atoms with Crippen LogP contribution in [0.4, 0.5) is 19.4 Å². The van der Waals surface area contributed by atoms with E-state index in [1.54, 1.807) is 30.3 Å². The van der Waals surface area contributed by atoms with Crippen molar-refractivity contribution in [2.24, 2.45) is 0 Å². The van der Waals surface area contributed by atoms with Crippen LogP contribution in [0.3, 0.4) is 0 Å². The Morgan fingerprint density at radius 2 is 1.45 bits per heavy atom. The maximum absolute atomic E-state index is 12.8. The van der Waals surface area contributed by atoms with E-state index in [1.807, 2.05) is 0 Å². The molecular formula is C14H9BrF5NS. The van der Waals surface area contributed by atoms with Gasteiger partial charge in [0, 0.05) is 21.1 Å². The second kappa shape index (κ2) is 4.05. The van der Waals surface area contributed by atoms with Gasteiger partial charge in [-0.25, -0.2) is 0 Å². The summed E-state index contributed by atoms with van der Waals surface area (Å²) in [5.41, 5.74) is 1.32. The molecule has 0 saturated heterocycles. The topological polar surface area (TPSA) is 15.8 Å². The van der Waals surface area contributed by atoms with E-state index in [0.717, 1.165) is 16.1 Å². The Kier molecular flexibility index (Phi) is 2.83. The molecule has 1 heterocycles. The second-order valence-electron chi connectivity index (χ2n) is 4.91. The van der Waals surface area contributed by atoms with Gasteiger partial charge in [0.15, 0.2) is 0 Å². The van der Waals surface area contributed by atoms with Gasteiger partial charge in [-0.3, -0.25) is 0 Å². The molecule has 1 aromatic heterocycles. The van der Waals surface area contributed by atoms with E-state index in [9.17, 15) is 19.4 Å². The monoisotopic (exact) mass is 397 g/mol. The molecule has 0 saturated carbocycles. The van der Waals surface area contributed by atoms with E-state index in [-0.39, 0.29) is 5.52 Å². The van der Waals surface area contributed by atoms with Gasteiger partial charge in [-0.1, -0.05) is 53.6 Å². The highest BCUT2D eigenvalue weighted by Gasteiger charge is 2.65. The summed E-state index contributed by atoms with van der Waals surface area (Å²) in [6.45, 7) is 0. The number of hydrogen-bond donors (Lipinski definition) is 1. The number of aromatic nitrogens is 1. The van der Waals surface area contributed by atoms with Gasteiger partial charge in [0.05, 0.1) is 0 Å². The Hall–Kier alpha value is -1.54. The molecule has 0 aliphatic carbocycles. The number of rotatable bonds is 2. The number of hydrogen-bond acceptors (Lipinski definition) is 0. The minimum absolute atomic E-state index is 0.0173. The van der Waals surface area contributed by atoms with Crippen LogP contribution < -0.4 is 0 Å². The molecule has 22 heavy (non-hydrogen) atoms. The van der Waals surface area contributed by atoms with Crippen LogP contribution in [0, 0.1) is 0 Å². The van der Waals surface area contributed by atoms with Gasteiger partial charge in [-0.2, -0.15) is 0 Å². The summed E-state index contributed by atoms with van der Waals surface area (Å²) >= 11 is 3.28. The van der Waals surface area contributed by atoms with Gasteiger partial charge in [-0.15, -0.1) is 0 Å². The SMILES string of the molecule is FS(F)(F)(F)(F)c1ccc2cc(-c3ccc(Br)cc3)[nH]c2c1. The van der Waals surface area contributed by atoms with Crippen molar-refractivity contribution in [3.05, 3.63) is 53.0 Å². The normalized spacial score (nSPS) is 15.5. The van der Waals surface area contributed by atoms with Crippen molar-refractivity contribution in [2.75, 3.05) is 0 Å². The average Bonchev–Trinajstić information content (AvgIpc) is 2.79. The molecule has 0 fully saturated rings. The van der Waals surface area contributed by atoms with Crippen LogP contribution in [-0.4, -0.2) is 4.98 Å². The van der Waals surface area contributed by atoms with E-state index in [0.29, 0.717) is 23.2 Å². The summed E-state index contributed by atoms with van der Waals surface area (Å²) in [7, 11) is -9.66. The number of nitrogens with one attached hydrogen (secondary N) is 1. The Labute approximate surface area is 131 Å². The zero-order valence-electron chi connectivity index (χ0n) is 10.8. The lowest BCUT2D eigenvalue weighted by atomic mass is 10.1. The summed E-state index contributed by atoms with van der Waals surface area (Å²) in [5.74, 6) is 0. The highest BCUT2D eigenvalue weighted by atomic mass is 79.9. The van der Waals surface area contributed by atoms with E-state index in [4.69, 9.17) is 0 Å². The summed E-state index contributed by atoms with van der Waals surface area (Å²) in [6, 6.07) is 10.6. The second-order valence-corrected chi connectivity index (χ2v) is 8.23. The van der Waals surface area contributed by atoms with Gasteiger partial charge in [0.1, 0.15) is 4.90 Å². The molecule has 3 aromatic rings. The smallest absolute Gasteiger partial charge is 0.310 e. The van der Waals surface area contributed by atoms with Gasteiger partial charge in [0.2, 0.25) is 0 Å². The molecule has 0 atom stereocenters. The number of halogens is 6. The molecule has 118 valence electrons. The minimum Gasteiger partial charge on any atom is -0.354 e. The lowest BCUT2D eigenvalue weighted by Gasteiger charge is -2.40. The molecule has 0 spiro atoms. The van der Waals surface area contributed by atoms with Crippen molar-refractivity contribution in [1.29, 1.82) is 0 Å². The molecular weight excluding hydrogens is 389 g/mol. The highest BCUT2D eigenvalue weighted by Crippen LogP contribution is 3.02. The zero-order valence-corrected chi connectivity index (χ0v) is 13.2. The van der Waals surface area contributed by atoms with E-state index in [2.05, 4.69) is 20.9 Å². The van der Waals surface area contributed by atoms with Gasteiger partial charge < -0.3 is 4.98 Å². The zero-order chi connectivity index (χ0) is 16.2. The van der Waals surface area contributed by atoms with E-state index in [1.165, 1.54) is 0 Å². The quantitative estimate of drug-likeness (QED) is 0.438. The highest BCUT2D eigenvalue weighted by molar-refractivity contribution is 9.10. The van der Waals surface area contributed by atoms with E-state index >= 15 is 0 Å². The average molecular weight is 398 g/mol. The fourth-order valence-corrected chi connectivity index (χ4v) is 3.06. The molecule has 0 radical (unpaired) electrons. The number of aromatic amines is 1. The van der Waals surface area contributed by atoms with Crippen LogP contribution >= 0.6 is 26.2 Å². The first-order valence-corrected chi connectivity index (χ1v) is 8.80. The third kappa shape index (κ3) is 2.98. The molecule has 1 N–H and O–H groups in total. The number of fused-ring (bicyclic) bond motifs is 1. The lowest BCUT2D eigenvalue weighted by molar-refractivity contribution is 0.364. The predicted molar refractivity (Wildman–Crippen MR) is 82.8 cm³/mol. The Morgan fingerprint density at radius 3 is 2.05 bits per heavy atom. The lowest BCUT2D eigenvalue weighted by Crippen LogP contribution is -2.05. The van der Waals surface area contributed by atoms with Crippen LogP contribution in [-0.2, 0) is 0 Å². The van der Waals surface area contributed by atoms with Crippen LogP contribution in [0.1, 0.15) is 0 Å². The number of benzene rings is 2. The standard InChI is InChI=1S/C14H9BrF5NS/c15-11-4-1-9(2-5-11)13-7-10-3-6-12(8-14(10)21-13)22(16,17,18,19)20/h1-8,21H. The minimum atomic E-state index is -9.66. The summed E-state index contributed by atoms with van der Waals surface area (Å²) in [4.78, 5) is 0.857. The van der Waals surface area contributed by atoms with Crippen molar-refractivity contribution in [2.45, 2.75) is 4.90 Å². The first-order valence-electron chi connectivity index (χ1n) is 6.05. The molecule has 3 rings (SSSR count). The molecule has 0 aliphatic rings. The van der Waals surface area contributed by atoms with Crippen molar-refractivity contribution >= 4 is 37.1 Å². The van der Waals surface area contributed by atoms with Gasteiger partial charge in [-0.05, 0) is 35.9 Å². The van der Waals surface area contributed by atoms with Crippen LogP contribution in [0.25, 0.3) is 22.2 Å². The van der Waals surface area contributed by atoms with Crippen molar-refractivity contribution in [3.63, 3.8) is 0 Å². The van der Waals surface area contributed by atoms with Gasteiger partial charge >= 0.3 is 10.2 Å². The molecule has 0 unspecified atom stereocenters. The fourth-order valence-electron chi connectivity index (χ4n) is 2.13. The van der Waals surface area contributed by atoms with E-state index < -0.39 is 15.1 Å². The van der Waals surface area contributed by atoms with Crippen LogP contribution in [0.5, 0.6) is 0 Å². The third-order valence-corrected chi connectivity index (χ3v) is 4.87. The summed E-state index contributed by atoms with van der Waals surface area (Å²) in [6.07, 6.45) is 0. The molecule has 1 nitrogen and oxygen atoms in total. The Morgan fingerprint density at radius 1 is 0.818 bits per heavy atom. The Bertz CT molecular complexity index is 868. The predicted octanol–water partition coefficient (Wildman–Crippen LogP) is 7.25. The van der Waals surface area contributed by atoms with Crippen LogP contribution in [0.15, 0.2) is 57.9 Å².